The maximum atomic E-state index is 12.0. The van der Waals surface area contributed by atoms with Crippen LogP contribution in [-0.2, 0) is 11.8 Å². The maximum absolute atomic E-state index is 12.0. The highest BCUT2D eigenvalue weighted by atomic mass is 35.5. The van der Waals surface area contributed by atoms with E-state index in [0.717, 1.165) is 11.4 Å². The first-order valence-corrected chi connectivity index (χ1v) is 8.35. The molecule has 118 valence electrons. The second kappa shape index (κ2) is 7.35. The predicted molar refractivity (Wildman–Crippen MR) is 89.5 cm³/mol. The molecule has 1 amide bonds. The molecule has 22 heavy (non-hydrogen) atoms. The molecular weight excluding hydrogens is 343 g/mol. The summed E-state index contributed by atoms with van der Waals surface area (Å²) in [6, 6.07) is 5.04. The summed E-state index contributed by atoms with van der Waals surface area (Å²) in [6.07, 6.45) is 0. The van der Waals surface area contributed by atoms with Gasteiger partial charge in [-0.1, -0.05) is 41.0 Å². The highest BCUT2D eigenvalue weighted by molar-refractivity contribution is 7.99. The molecule has 0 saturated carbocycles. The van der Waals surface area contributed by atoms with Gasteiger partial charge in [0.05, 0.1) is 11.8 Å². The highest BCUT2D eigenvalue weighted by Crippen LogP contribution is 2.26. The fraction of sp³-hybridized carbons (Fsp3) is 0.357. The predicted octanol–water partition coefficient (Wildman–Crippen LogP) is 3.40. The number of hydrogen-bond acceptors (Lipinski definition) is 4. The number of halogens is 2. The second-order valence-electron chi connectivity index (χ2n) is 4.83. The molecule has 0 aliphatic carbocycles. The molecular formula is C14H16Cl2N4OS. The van der Waals surface area contributed by atoms with Gasteiger partial charge >= 0.3 is 0 Å². The van der Waals surface area contributed by atoms with Crippen LogP contribution in [0.15, 0.2) is 23.4 Å². The lowest BCUT2D eigenvalue weighted by Crippen LogP contribution is -2.28. The summed E-state index contributed by atoms with van der Waals surface area (Å²) in [5, 5.41) is 12.7. The Labute approximate surface area is 143 Å². The van der Waals surface area contributed by atoms with E-state index in [1.807, 2.05) is 31.5 Å². The zero-order chi connectivity index (χ0) is 16.3. The lowest BCUT2D eigenvalue weighted by atomic mass is 10.1. The summed E-state index contributed by atoms with van der Waals surface area (Å²) in [4.78, 5) is 12.0. The van der Waals surface area contributed by atoms with Crippen LogP contribution in [0.4, 0.5) is 0 Å². The van der Waals surface area contributed by atoms with Crippen LogP contribution in [0.1, 0.15) is 24.4 Å². The molecule has 1 heterocycles. The van der Waals surface area contributed by atoms with Gasteiger partial charge in [-0.2, -0.15) is 0 Å². The van der Waals surface area contributed by atoms with Crippen molar-refractivity contribution in [3.05, 3.63) is 39.6 Å². The van der Waals surface area contributed by atoms with Gasteiger partial charge in [-0.15, -0.1) is 10.2 Å². The van der Waals surface area contributed by atoms with E-state index in [2.05, 4.69) is 15.5 Å². The van der Waals surface area contributed by atoms with Crippen LogP contribution in [-0.4, -0.2) is 26.4 Å². The van der Waals surface area contributed by atoms with Crippen molar-refractivity contribution in [1.29, 1.82) is 0 Å². The van der Waals surface area contributed by atoms with E-state index in [4.69, 9.17) is 23.2 Å². The number of aryl methyl sites for hydroxylation is 1. The average Bonchev–Trinajstić information content (AvgIpc) is 2.76. The lowest BCUT2D eigenvalue weighted by molar-refractivity contribution is -0.119. The van der Waals surface area contributed by atoms with Crippen molar-refractivity contribution in [2.75, 3.05) is 5.75 Å². The van der Waals surface area contributed by atoms with Crippen LogP contribution in [0.5, 0.6) is 0 Å². The number of aromatic nitrogens is 3. The Morgan fingerprint density at radius 2 is 2.14 bits per heavy atom. The molecule has 0 fully saturated rings. The molecule has 1 N–H and O–H groups in total. The van der Waals surface area contributed by atoms with E-state index in [0.29, 0.717) is 15.2 Å². The summed E-state index contributed by atoms with van der Waals surface area (Å²) in [6.45, 7) is 3.74. The van der Waals surface area contributed by atoms with Gasteiger partial charge in [0.1, 0.15) is 5.82 Å². The molecule has 1 aromatic carbocycles. The van der Waals surface area contributed by atoms with Crippen LogP contribution in [0.3, 0.4) is 0 Å². The monoisotopic (exact) mass is 358 g/mol. The number of rotatable bonds is 5. The van der Waals surface area contributed by atoms with Crippen LogP contribution in [0, 0.1) is 6.92 Å². The van der Waals surface area contributed by atoms with E-state index in [1.54, 1.807) is 12.1 Å². The number of hydrogen-bond donors (Lipinski definition) is 1. The van der Waals surface area contributed by atoms with Crippen LogP contribution in [0.25, 0.3) is 0 Å². The quantitative estimate of drug-likeness (QED) is 0.832. The first kappa shape index (κ1) is 17.1. The van der Waals surface area contributed by atoms with Crippen molar-refractivity contribution < 1.29 is 4.79 Å². The highest BCUT2D eigenvalue weighted by Gasteiger charge is 2.14. The summed E-state index contributed by atoms with van der Waals surface area (Å²) in [5.74, 6) is 0.982. The minimum atomic E-state index is -0.195. The number of amides is 1. The minimum Gasteiger partial charge on any atom is -0.349 e. The van der Waals surface area contributed by atoms with Gasteiger partial charge in [0.2, 0.25) is 5.91 Å². The molecule has 0 spiro atoms. The molecule has 0 radical (unpaired) electrons. The third-order valence-electron chi connectivity index (χ3n) is 3.19. The number of nitrogens with zero attached hydrogens (tertiary/aromatic N) is 3. The number of carbonyl (C=O) groups excluding carboxylic acids is 1. The molecule has 0 aliphatic heterocycles. The Morgan fingerprint density at radius 3 is 2.73 bits per heavy atom. The molecule has 0 bridgehead atoms. The molecule has 2 aromatic rings. The van der Waals surface area contributed by atoms with Crippen molar-refractivity contribution >= 4 is 40.9 Å². The third-order valence-corrected chi connectivity index (χ3v) is 4.77. The van der Waals surface area contributed by atoms with Crippen molar-refractivity contribution in [1.82, 2.24) is 20.1 Å². The second-order valence-corrected chi connectivity index (χ2v) is 6.62. The maximum Gasteiger partial charge on any atom is 0.230 e. The van der Waals surface area contributed by atoms with Crippen molar-refractivity contribution in [3.8, 4) is 0 Å². The van der Waals surface area contributed by atoms with Gasteiger partial charge in [0.25, 0.3) is 0 Å². The van der Waals surface area contributed by atoms with Gasteiger partial charge in [-0.05, 0) is 31.5 Å². The molecule has 5 nitrogen and oxygen atoms in total. The number of carbonyl (C=O) groups is 1. The fourth-order valence-corrected chi connectivity index (χ4v) is 3.20. The lowest BCUT2D eigenvalue weighted by Gasteiger charge is -2.15. The topological polar surface area (TPSA) is 59.8 Å². The summed E-state index contributed by atoms with van der Waals surface area (Å²) >= 11 is 13.4. The van der Waals surface area contributed by atoms with Gasteiger partial charge in [-0.3, -0.25) is 4.79 Å². The van der Waals surface area contributed by atoms with E-state index in [9.17, 15) is 4.79 Å². The van der Waals surface area contributed by atoms with E-state index in [-0.39, 0.29) is 17.7 Å². The largest absolute Gasteiger partial charge is 0.349 e. The van der Waals surface area contributed by atoms with Gasteiger partial charge < -0.3 is 9.88 Å². The SMILES string of the molecule is Cc1nnc(SCC(=O)N[C@H](C)c2ccc(Cl)cc2Cl)n1C. The first-order valence-electron chi connectivity index (χ1n) is 6.61. The average molecular weight is 359 g/mol. The third kappa shape index (κ3) is 4.15. The standard InChI is InChI=1S/C14H16Cl2N4OS/c1-8(11-5-4-10(15)6-12(11)16)17-13(21)7-22-14-19-18-9(2)20(14)3/h4-6,8H,7H2,1-3H3,(H,17,21)/t8-/m1/s1. The molecule has 0 saturated heterocycles. The van der Waals surface area contributed by atoms with Crippen LogP contribution in [0.2, 0.25) is 10.0 Å². The Balaban J connectivity index is 1.92. The van der Waals surface area contributed by atoms with E-state index >= 15 is 0 Å². The normalized spacial score (nSPS) is 12.2. The number of benzene rings is 1. The molecule has 1 aromatic heterocycles. The minimum absolute atomic E-state index is 0.0934. The summed E-state index contributed by atoms with van der Waals surface area (Å²) < 4.78 is 1.84. The summed E-state index contributed by atoms with van der Waals surface area (Å²) in [7, 11) is 1.87. The Kier molecular flexibility index (Phi) is 5.72. The molecule has 0 aliphatic rings. The van der Waals surface area contributed by atoms with Crippen molar-refractivity contribution in [2.45, 2.75) is 25.0 Å². The van der Waals surface area contributed by atoms with Crippen molar-refractivity contribution in [3.63, 3.8) is 0 Å². The zero-order valence-electron chi connectivity index (χ0n) is 12.4. The smallest absolute Gasteiger partial charge is 0.230 e. The van der Waals surface area contributed by atoms with E-state index < -0.39 is 0 Å². The van der Waals surface area contributed by atoms with Gasteiger partial charge in [0.15, 0.2) is 5.16 Å². The first-order chi connectivity index (χ1) is 10.4. The summed E-state index contributed by atoms with van der Waals surface area (Å²) in [5.41, 5.74) is 0.832. The number of thioether (sulfide) groups is 1. The van der Waals surface area contributed by atoms with Crippen LogP contribution >= 0.6 is 35.0 Å². The Hall–Kier alpha value is -1.24. The Morgan fingerprint density at radius 1 is 1.41 bits per heavy atom. The molecule has 1 atom stereocenters. The fourth-order valence-electron chi connectivity index (χ4n) is 1.86. The van der Waals surface area contributed by atoms with Crippen molar-refractivity contribution in [2.24, 2.45) is 7.05 Å². The molecule has 0 unspecified atom stereocenters. The van der Waals surface area contributed by atoms with Crippen LogP contribution < -0.4 is 5.32 Å². The molecule has 2 rings (SSSR count). The van der Waals surface area contributed by atoms with Gasteiger partial charge in [-0.25, -0.2) is 0 Å². The Bertz CT molecular complexity index is 689. The van der Waals surface area contributed by atoms with Gasteiger partial charge in [0, 0.05) is 17.1 Å². The van der Waals surface area contributed by atoms with E-state index in [1.165, 1.54) is 11.8 Å². The molecule has 8 heteroatoms. The number of nitrogens with one attached hydrogen (secondary N) is 1. The zero-order valence-corrected chi connectivity index (χ0v) is 14.8.